The van der Waals surface area contributed by atoms with E-state index in [1.807, 2.05) is 20.8 Å². The fraction of sp³-hybridized carbons (Fsp3) is 0.500. The van der Waals surface area contributed by atoms with Crippen molar-refractivity contribution in [2.45, 2.75) is 37.8 Å². The molecule has 0 saturated carbocycles. The fourth-order valence-electron chi connectivity index (χ4n) is 1.20. The van der Waals surface area contributed by atoms with Gasteiger partial charge in [-0.3, -0.25) is 5.84 Å². The van der Waals surface area contributed by atoms with Crippen molar-refractivity contribution in [1.29, 1.82) is 0 Å². The molecule has 0 radical (unpaired) electrons. The van der Waals surface area contributed by atoms with Crippen molar-refractivity contribution in [1.82, 2.24) is 9.71 Å². The van der Waals surface area contributed by atoms with Crippen LogP contribution in [0.2, 0.25) is 0 Å². The molecule has 0 bridgehead atoms. The first-order chi connectivity index (χ1) is 7.82. The Morgan fingerprint density at radius 1 is 1.47 bits per heavy atom. The molecule has 0 aliphatic carbocycles. The molecule has 0 aliphatic heterocycles. The lowest BCUT2D eigenvalue weighted by Crippen LogP contribution is -2.43. The molecule has 0 fully saturated rings. The number of sulfonamides is 1. The topological polar surface area (TPSA) is 97.1 Å². The predicted molar refractivity (Wildman–Crippen MR) is 66.7 cm³/mol. The SMILES string of the molecule is CCC(C)(C)NS(=O)(=O)c1ncccc1NN. The molecule has 0 spiro atoms. The summed E-state index contributed by atoms with van der Waals surface area (Å²) in [5, 5.41) is -0.0935. The Labute approximate surface area is 102 Å². The Morgan fingerprint density at radius 3 is 2.65 bits per heavy atom. The maximum Gasteiger partial charge on any atom is 0.260 e. The van der Waals surface area contributed by atoms with Gasteiger partial charge in [0.15, 0.2) is 5.03 Å². The molecule has 0 aromatic carbocycles. The molecule has 6 nitrogen and oxygen atoms in total. The Bertz CT molecular complexity index is 485. The van der Waals surface area contributed by atoms with Crippen LogP contribution in [-0.4, -0.2) is 18.9 Å². The minimum Gasteiger partial charge on any atom is -0.321 e. The second-order valence-electron chi connectivity index (χ2n) is 4.34. The quantitative estimate of drug-likeness (QED) is 0.537. The molecule has 0 amide bonds. The van der Waals surface area contributed by atoms with Crippen molar-refractivity contribution in [2.24, 2.45) is 5.84 Å². The van der Waals surface area contributed by atoms with Gasteiger partial charge in [-0.15, -0.1) is 0 Å². The van der Waals surface area contributed by atoms with Crippen molar-refractivity contribution in [3.05, 3.63) is 18.3 Å². The Morgan fingerprint density at radius 2 is 2.12 bits per heavy atom. The summed E-state index contributed by atoms with van der Waals surface area (Å²) in [6.07, 6.45) is 2.08. The fourth-order valence-corrected chi connectivity index (χ4v) is 2.78. The number of aromatic nitrogens is 1. The largest absolute Gasteiger partial charge is 0.321 e. The van der Waals surface area contributed by atoms with Crippen LogP contribution < -0.4 is 16.0 Å². The number of hydrogen-bond donors (Lipinski definition) is 3. The number of anilines is 1. The van der Waals surface area contributed by atoms with Crippen LogP contribution >= 0.6 is 0 Å². The van der Waals surface area contributed by atoms with Crippen molar-refractivity contribution in [3.63, 3.8) is 0 Å². The van der Waals surface area contributed by atoms with Gasteiger partial charge in [0.2, 0.25) is 0 Å². The second-order valence-corrected chi connectivity index (χ2v) is 5.94. The number of nitrogens with two attached hydrogens (primary N) is 1. The lowest BCUT2D eigenvalue weighted by Gasteiger charge is -2.24. The number of pyridine rings is 1. The number of nitrogens with one attached hydrogen (secondary N) is 2. The molecule has 1 aromatic heterocycles. The zero-order valence-electron chi connectivity index (χ0n) is 10.2. The number of rotatable bonds is 5. The molecule has 1 rings (SSSR count). The lowest BCUT2D eigenvalue weighted by molar-refractivity contribution is 0.438. The van der Waals surface area contributed by atoms with E-state index in [1.165, 1.54) is 6.20 Å². The summed E-state index contributed by atoms with van der Waals surface area (Å²) >= 11 is 0. The van der Waals surface area contributed by atoms with Crippen molar-refractivity contribution in [2.75, 3.05) is 5.43 Å². The molecule has 1 heterocycles. The van der Waals surface area contributed by atoms with E-state index in [1.54, 1.807) is 12.1 Å². The average Bonchev–Trinajstić information content (AvgIpc) is 2.28. The van der Waals surface area contributed by atoms with Gasteiger partial charge in [0.1, 0.15) is 0 Å². The molecule has 17 heavy (non-hydrogen) atoms. The maximum absolute atomic E-state index is 12.1. The number of nitrogen functional groups attached to an aromatic ring is 1. The van der Waals surface area contributed by atoms with Crippen LogP contribution in [0.5, 0.6) is 0 Å². The van der Waals surface area contributed by atoms with Crippen molar-refractivity contribution in [3.8, 4) is 0 Å². The summed E-state index contributed by atoms with van der Waals surface area (Å²) < 4.78 is 26.8. The standard InChI is InChI=1S/C10H18N4O2S/c1-4-10(2,3)14-17(15,16)9-8(13-11)6-5-7-12-9/h5-7,13-14H,4,11H2,1-3H3. The van der Waals surface area contributed by atoms with Gasteiger partial charge >= 0.3 is 0 Å². The van der Waals surface area contributed by atoms with Crippen LogP contribution in [0.3, 0.4) is 0 Å². The monoisotopic (exact) mass is 258 g/mol. The summed E-state index contributed by atoms with van der Waals surface area (Å²) in [6, 6.07) is 3.17. The highest BCUT2D eigenvalue weighted by Gasteiger charge is 2.27. The summed E-state index contributed by atoms with van der Waals surface area (Å²) in [6.45, 7) is 5.52. The van der Waals surface area contributed by atoms with Gasteiger partial charge in [-0.25, -0.2) is 18.1 Å². The highest BCUT2D eigenvalue weighted by Crippen LogP contribution is 2.19. The summed E-state index contributed by atoms with van der Waals surface area (Å²) in [7, 11) is -3.68. The minimum absolute atomic E-state index is 0.0935. The number of hydrazine groups is 1. The molecule has 0 saturated heterocycles. The third-order valence-corrected chi connectivity index (χ3v) is 4.13. The molecular weight excluding hydrogens is 240 g/mol. The van der Waals surface area contributed by atoms with Crippen LogP contribution in [0.4, 0.5) is 5.69 Å². The molecule has 0 unspecified atom stereocenters. The highest BCUT2D eigenvalue weighted by atomic mass is 32.2. The van der Waals surface area contributed by atoms with E-state index in [2.05, 4.69) is 15.1 Å². The zero-order chi connectivity index (χ0) is 13.1. The van der Waals surface area contributed by atoms with Gasteiger partial charge < -0.3 is 5.43 Å². The molecule has 4 N–H and O–H groups in total. The smallest absolute Gasteiger partial charge is 0.260 e. The van der Waals surface area contributed by atoms with Crippen molar-refractivity contribution < 1.29 is 8.42 Å². The number of nitrogens with zero attached hydrogens (tertiary/aromatic N) is 1. The summed E-state index contributed by atoms with van der Waals surface area (Å²) in [5.41, 5.74) is 2.07. The average molecular weight is 258 g/mol. The van der Waals surface area contributed by atoms with E-state index < -0.39 is 15.6 Å². The van der Waals surface area contributed by atoms with E-state index in [0.717, 1.165) is 0 Å². The molecule has 0 aliphatic rings. The van der Waals surface area contributed by atoms with Crippen LogP contribution in [0.1, 0.15) is 27.2 Å². The summed E-state index contributed by atoms with van der Waals surface area (Å²) in [4.78, 5) is 3.85. The first-order valence-electron chi connectivity index (χ1n) is 5.28. The molecule has 7 heteroatoms. The maximum atomic E-state index is 12.1. The van der Waals surface area contributed by atoms with E-state index in [0.29, 0.717) is 6.42 Å². The van der Waals surface area contributed by atoms with Gasteiger partial charge in [-0.05, 0) is 32.4 Å². The van der Waals surface area contributed by atoms with Crippen LogP contribution in [0, 0.1) is 0 Å². The van der Waals surface area contributed by atoms with Gasteiger partial charge in [-0.2, -0.15) is 0 Å². The third-order valence-electron chi connectivity index (χ3n) is 2.48. The Kier molecular flexibility index (Phi) is 4.07. The highest BCUT2D eigenvalue weighted by molar-refractivity contribution is 7.89. The first kappa shape index (κ1) is 13.9. The van der Waals surface area contributed by atoms with Gasteiger partial charge in [-0.1, -0.05) is 6.92 Å². The zero-order valence-corrected chi connectivity index (χ0v) is 11.0. The summed E-state index contributed by atoms with van der Waals surface area (Å²) in [5.74, 6) is 5.26. The van der Waals surface area contributed by atoms with E-state index in [9.17, 15) is 8.42 Å². The second kappa shape index (κ2) is 4.99. The van der Waals surface area contributed by atoms with Gasteiger partial charge in [0.05, 0.1) is 5.69 Å². The van der Waals surface area contributed by atoms with Crippen LogP contribution in [-0.2, 0) is 10.0 Å². The van der Waals surface area contributed by atoms with Crippen LogP contribution in [0.25, 0.3) is 0 Å². The predicted octanol–water partition coefficient (Wildman–Crippen LogP) is 0.834. The molecule has 96 valence electrons. The molecule has 0 atom stereocenters. The van der Waals surface area contributed by atoms with Crippen LogP contribution in [0.15, 0.2) is 23.4 Å². The molecule has 1 aromatic rings. The van der Waals surface area contributed by atoms with E-state index in [-0.39, 0.29) is 10.7 Å². The number of hydrogen-bond acceptors (Lipinski definition) is 5. The van der Waals surface area contributed by atoms with E-state index in [4.69, 9.17) is 5.84 Å². The normalized spacial score (nSPS) is 12.5. The van der Waals surface area contributed by atoms with Gasteiger partial charge in [0.25, 0.3) is 10.0 Å². The van der Waals surface area contributed by atoms with E-state index >= 15 is 0 Å². The lowest BCUT2D eigenvalue weighted by atomic mass is 10.0. The third kappa shape index (κ3) is 3.39. The minimum atomic E-state index is -3.68. The Balaban J connectivity index is 3.14. The molecular formula is C10H18N4O2S. The van der Waals surface area contributed by atoms with Crippen molar-refractivity contribution >= 4 is 15.7 Å². The van der Waals surface area contributed by atoms with Gasteiger partial charge in [0, 0.05) is 11.7 Å². The Hall–Kier alpha value is -1.18. The first-order valence-corrected chi connectivity index (χ1v) is 6.76.